The summed E-state index contributed by atoms with van der Waals surface area (Å²) in [5.41, 5.74) is 1.60. The van der Waals surface area contributed by atoms with E-state index < -0.39 is 0 Å². The number of rotatable bonds is 6. The summed E-state index contributed by atoms with van der Waals surface area (Å²) in [4.78, 5) is 11.8. The lowest BCUT2D eigenvalue weighted by molar-refractivity contribution is 0.0955. The van der Waals surface area contributed by atoms with Crippen molar-refractivity contribution in [2.24, 2.45) is 5.92 Å². The molecule has 0 aromatic carbocycles. The molecule has 0 spiro atoms. The molecule has 1 N–H and O–H groups in total. The molecule has 4 nitrogen and oxygen atoms in total. The zero-order chi connectivity index (χ0) is 12.8. The molecular formula is C12H21N3OS. The van der Waals surface area contributed by atoms with Gasteiger partial charge in [0, 0.05) is 24.5 Å². The number of nitrogens with zero attached hydrogens (tertiary/aromatic N) is 2. The van der Waals surface area contributed by atoms with Gasteiger partial charge in [0.2, 0.25) is 0 Å². The Bertz CT molecular complexity index is 374. The highest BCUT2D eigenvalue weighted by Gasteiger charge is 2.13. The molecule has 1 rings (SSSR count). The Balaban J connectivity index is 2.66. The van der Waals surface area contributed by atoms with Crippen molar-refractivity contribution in [2.45, 2.75) is 33.7 Å². The Morgan fingerprint density at radius 2 is 2.29 bits per heavy atom. The fourth-order valence-electron chi connectivity index (χ4n) is 1.54. The quantitative estimate of drug-likeness (QED) is 0.763. The van der Waals surface area contributed by atoms with Crippen LogP contribution in [0.4, 0.5) is 0 Å². The molecule has 0 saturated heterocycles. The number of hydrogen-bond donors (Lipinski definition) is 2. The summed E-state index contributed by atoms with van der Waals surface area (Å²) in [5.74, 6) is 1.22. The smallest absolute Gasteiger partial charge is 0.254 e. The molecule has 5 heteroatoms. The Labute approximate surface area is 108 Å². The second-order valence-electron chi connectivity index (χ2n) is 4.53. The van der Waals surface area contributed by atoms with Gasteiger partial charge in [-0.2, -0.15) is 17.7 Å². The van der Waals surface area contributed by atoms with E-state index in [1.165, 1.54) is 0 Å². The molecule has 1 amide bonds. The van der Waals surface area contributed by atoms with Gasteiger partial charge in [-0.25, -0.2) is 0 Å². The lowest BCUT2D eigenvalue weighted by atomic mass is 10.1. The lowest BCUT2D eigenvalue weighted by Gasteiger charge is -2.07. The topological polar surface area (TPSA) is 46.9 Å². The SMILES string of the molecule is Cc1c(C(=O)NCCS)cnn1CCC(C)C. The summed E-state index contributed by atoms with van der Waals surface area (Å²) in [6.45, 7) is 7.74. The van der Waals surface area contributed by atoms with Crippen molar-refractivity contribution in [3.8, 4) is 0 Å². The third-order valence-corrected chi connectivity index (χ3v) is 2.89. The first kappa shape index (κ1) is 14.1. The number of carbonyl (C=O) groups excluding carboxylic acids is 1. The minimum Gasteiger partial charge on any atom is -0.351 e. The van der Waals surface area contributed by atoms with Gasteiger partial charge in [-0.15, -0.1) is 0 Å². The largest absolute Gasteiger partial charge is 0.351 e. The zero-order valence-electron chi connectivity index (χ0n) is 10.7. The van der Waals surface area contributed by atoms with Crippen LogP contribution in [-0.4, -0.2) is 28.0 Å². The minimum absolute atomic E-state index is 0.0626. The average Bonchev–Trinajstić information content (AvgIpc) is 2.65. The third kappa shape index (κ3) is 4.07. The standard InChI is InChI=1S/C12H21N3OS/c1-9(2)4-6-15-10(3)11(8-14-15)12(16)13-5-7-17/h8-9,17H,4-7H2,1-3H3,(H,13,16). The number of aromatic nitrogens is 2. The second-order valence-corrected chi connectivity index (χ2v) is 4.98. The molecule has 96 valence electrons. The molecule has 0 unspecified atom stereocenters. The van der Waals surface area contributed by atoms with Crippen LogP contribution in [0.2, 0.25) is 0 Å². The van der Waals surface area contributed by atoms with E-state index in [4.69, 9.17) is 0 Å². The molecule has 17 heavy (non-hydrogen) atoms. The number of aryl methyl sites for hydroxylation is 1. The summed E-state index contributed by atoms with van der Waals surface area (Å²) in [5, 5.41) is 7.05. The van der Waals surface area contributed by atoms with E-state index in [1.54, 1.807) is 6.20 Å². The first-order chi connectivity index (χ1) is 8.06. The molecule has 0 aliphatic carbocycles. The molecule has 0 fully saturated rings. The average molecular weight is 255 g/mol. The molecule has 0 atom stereocenters. The highest BCUT2D eigenvalue weighted by Crippen LogP contribution is 2.09. The molecule has 1 aromatic rings. The van der Waals surface area contributed by atoms with Crippen molar-refractivity contribution in [3.63, 3.8) is 0 Å². The van der Waals surface area contributed by atoms with Crippen molar-refractivity contribution < 1.29 is 4.79 Å². The maximum atomic E-state index is 11.8. The Hall–Kier alpha value is -0.970. The van der Waals surface area contributed by atoms with Crippen LogP contribution < -0.4 is 5.32 Å². The predicted molar refractivity (Wildman–Crippen MR) is 72.6 cm³/mol. The highest BCUT2D eigenvalue weighted by molar-refractivity contribution is 7.80. The molecule has 0 saturated carbocycles. The van der Waals surface area contributed by atoms with Gasteiger partial charge in [-0.05, 0) is 19.3 Å². The predicted octanol–water partition coefficient (Wildman–Crippen LogP) is 1.90. The van der Waals surface area contributed by atoms with E-state index >= 15 is 0 Å². The number of nitrogens with one attached hydrogen (secondary N) is 1. The van der Waals surface area contributed by atoms with Crippen LogP contribution in [0.1, 0.15) is 36.3 Å². The van der Waals surface area contributed by atoms with E-state index in [0.29, 0.717) is 23.8 Å². The number of amides is 1. The van der Waals surface area contributed by atoms with Crippen molar-refractivity contribution in [1.29, 1.82) is 0 Å². The molecule has 1 heterocycles. The number of thiol groups is 1. The van der Waals surface area contributed by atoms with Crippen LogP contribution in [0, 0.1) is 12.8 Å². The Morgan fingerprint density at radius 1 is 1.59 bits per heavy atom. The minimum atomic E-state index is -0.0626. The fourth-order valence-corrected chi connectivity index (χ4v) is 1.65. The normalized spacial score (nSPS) is 10.9. The van der Waals surface area contributed by atoms with Crippen LogP contribution >= 0.6 is 12.6 Å². The highest BCUT2D eigenvalue weighted by atomic mass is 32.1. The van der Waals surface area contributed by atoms with Gasteiger partial charge in [0.1, 0.15) is 0 Å². The van der Waals surface area contributed by atoms with Crippen molar-refractivity contribution in [1.82, 2.24) is 15.1 Å². The summed E-state index contributed by atoms with van der Waals surface area (Å²) in [6.07, 6.45) is 2.71. The molecule has 0 aliphatic heterocycles. The van der Waals surface area contributed by atoms with Crippen molar-refractivity contribution >= 4 is 18.5 Å². The fraction of sp³-hybridized carbons (Fsp3) is 0.667. The van der Waals surface area contributed by atoms with Crippen LogP contribution in [-0.2, 0) is 6.54 Å². The number of carbonyl (C=O) groups is 1. The third-order valence-electron chi connectivity index (χ3n) is 2.66. The summed E-state index contributed by atoms with van der Waals surface area (Å²) in [7, 11) is 0. The molecule has 1 aromatic heterocycles. The zero-order valence-corrected chi connectivity index (χ0v) is 11.6. The van der Waals surface area contributed by atoms with Crippen molar-refractivity contribution in [2.75, 3.05) is 12.3 Å². The maximum absolute atomic E-state index is 11.8. The number of hydrogen-bond acceptors (Lipinski definition) is 3. The Morgan fingerprint density at radius 3 is 2.88 bits per heavy atom. The second kappa shape index (κ2) is 6.69. The van der Waals surface area contributed by atoms with Gasteiger partial charge in [-0.1, -0.05) is 13.8 Å². The van der Waals surface area contributed by atoms with E-state index in [-0.39, 0.29) is 5.91 Å². The summed E-state index contributed by atoms with van der Waals surface area (Å²) >= 11 is 4.06. The lowest BCUT2D eigenvalue weighted by Crippen LogP contribution is -2.25. The molecule has 0 bridgehead atoms. The monoisotopic (exact) mass is 255 g/mol. The summed E-state index contributed by atoms with van der Waals surface area (Å²) in [6, 6.07) is 0. The van der Waals surface area contributed by atoms with Crippen LogP contribution in [0.15, 0.2) is 6.20 Å². The van der Waals surface area contributed by atoms with Gasteiger partial charge in [0.05, 0.1) is 11.8 Å². The molecule has 0 aliphatic rings. The van der Waals surface area contributed by atoms with Gasteiger partial charge >= 0.3 is 0 Å². The van der Waals surface area contributed by atoms with Gasteiger partial charge in [0.15, 0.2) is 0 Å². The van der Waals surface area contributed by atoms with Crippen LogP contribution in [0.3, 0.4) is 0 Å². The Kier molecular flexibility index (Phi) is 5.55. The van der Waals surface area contributed by atoms with E-state index in [9.17, 15) is 4.79 Å². The molecular weight excluding hydrogens is 234 g/mol. The van der Waals surface area contributed by atoms with Gasteiger partial charge < -0.3 is 5.32 Å². The maximum Gasteiger partial charge on any atom is 0.254 e. The molecule has 0 radical (unpaired) electrons. The van der Waals surface area contributed by atoms with Crippen molar-refractivity contribution in [3.05, 3.63) is 17.5 Å². The first-order valence-electron chi connectivity index (χ1n) is 5.97. The summed E-state index contributed by atoms with van der Waals surface area (Å²) < 4.78 is 1.90. The van der Waals surface area contributed by atoms with Gasteiger partial charge in [0.25, 0.3) is 5.91 Å². The van der Waals surface area contributed by atoms with E-state index in [2.05, 4.69) is 36.9 Å². The van der Waals surface area contributed by atoms with Gasteiger partial charge in [-0.3, -0.25) is 9.48 Å². The van der Waals surface area contributed by atoms with E-state index in [0.717, 1.165) is 18.7 Å². The van der Waals surface area contributed by atoms with Crippen LogP contribution in [0.25, 0.3) is 0 Å². The van der Waals surface area contributed by atoms with Crippen LogP contribution in [0.5, 0.6) is 0 Å². The first-order valence-corrected chi connectivity index (χ1v) is 6.61. The van der Waals surface area contributed by atoms with E-state index in [1.807, 2.05) is 11.6 Å².